The molecule has 20 heavy (non-hydrogen) atoms. The van der Waals surface area contributed by atoms with Crippen molar-refractivity contribution in [1.82, 2.24) is 0 Å². The Morgan fingerprint density at radius 1 is 1.15 bits per heavy atom. The highest BCUT2D eigenvalue weighted by atomic mass is 35.5. The van der Waals surface area contributed by atoms with Crippen molar-refractivity contribution in [2.45, 2.75) is 26.2 Å². The van der Waals surface area contributed by atoms with E-state index in [1.807, 2.05) is 24.3 Å². The number of rotatable bonds is 4. The van der Waals surface area contributed by atoms with Gasteiger partial charge in [-0.05, 0) is 23.1 Å². The summed E-state index contributed by atoms with van der Waals surface area (Å²) in [4.78, 5) is 12.2. The van der Waals surface area contributed by atoms with E-state index in [0.29, 0.717) is 17.0 Å². The Balaban J connectivity index is 2.18. The van der Waals surface area contributed by atoms with Crippen LogP contribution in [0.5, 0.6) is 0 Å². The van der Waals surface area contributed by atoms with Crippen LogP contribution in [0.15, 0.2) is 42.5 Å². The average molecular weight is 291 g/mol. The minimum Gasteiger partial charge on any atom is -0.294 e. The molecule has 0 radical (unpaired) electrons. The molecule has 2 rings (SSSR count). The van der Waals surface area contributed by atoms with Crippen molar-refractivity contribution in [3.63, 3.8) is 0 Å². The van der Waals surface area contributed by atoms with Crippen LogP contribution in [-0.2, 0) is 6.42 Å². The number of halogens is 2. The Bertz CT molecular complexity index is 617. The first-order chi connectivity index (χ1) is 9.49. The lowest BCUT2D eigenvalue weighted by Gasteiger charge is -2.07. The second-order valence-electron chi connectivity index (χ2n) is 5.09. The van der Waals surface area contributed by atoms with Crippen molar-refractivity contribution in [2.24, 2.45) is 0 Å². The molecule has 0 fully saturated rings. The maximum atomic E-state index is 13.3. The van der Waals surface area contributed by atoms with Gasteiger partial charge >= 0.3 is 0 Å². The van der Waals surface area contributed by atoms with E-state index in [9.17, 15) is 9.18 Å². The van der Waals surface area contributed by atoms with E-state index in [2.05, 4.69) is 13.8 Å². The highest BCUT2D eigenvalue weighted by Gasteiger charge is 2.12. The van der Waals surface area contributed by atoms with Gasteiger partial charge in [0.1, 0.15) is 5.82 Å². The first-order valence-electron chi connectivity index (χ1n) is 6.55. The van der Waals surface area contributed by atoms with Crippen molar-refractivity contribution in [3.05, 3.63) is 70.0 Å². The van der Waals surface area contributed by atoms with Crippen molar-refractivity contribution < 1.29 is 9.18 Å². The zero-order chi connectivity index (χ0) is 14.7. The van der Waals surface area contributed by atoms with Crippen LogP contribution >= 0.6 is 11.6 Å². The SMILES string of the molecule is CC(C)c1ccc(C(=O)Cc2cccc(F)c2Cl)cc1. The largest absolute Gasteiger partial charge is 0.294 e. The molecule has 1 nitrogen and oxygen atoms in total. The number of ketones is 1. The number of hydrogen-bond donors (Lipinski definition) is 0. The molecule has 2 aromatic carbocycles. The number of hydrogen-bond acceptors (Lipinski definition) is 1. The highest BCUT2D eigenvalue weighted by molar-refractivity contribution is 6.31. The Hall–Kier alpha value is -1.67. The van der Waals surface area contributed by atoms with Gasteiger partial charge in [0.15, 0.2) is 5.78 Å². The molecular formula is C17H16ClFO. The van der Waals surface area contributed by atoms with Gasteiger partial charge in [0.25, 0.3) is 0 Å². The first kappa shape index (κ1) is 14.7. The van der Waals surface area contributed by atoms with Crippen molar-refractivity contribution in [3.8, 4) is 0 Å². The molecule has 3 heteroatoms. The van der Waals surface area contributed by atoms with Crippen LogP contribution in [0.3, 0.4) is 0 Å². The molecule has 0 unspecified atom stereocenters. The van der Waals surface area contributed by atoms with Crippen LogP contribution in [0.25, 0.3) is 0 Å². The third kappa shape index (κ3) is 3.26. The maximum Gasteiger partial charge on any atom is 0.167 e. The van der Waals surface area contributed by atoms with Gasteiger partial charge in [-0.15, -0.1) is 0 Å². The minimum atomic E-state index is -0.493. The van der Waals surface area contributed by atoms with Gasteiger partial charge in [-0.3, -0.25) is 4.79 Å². The molecular weight excluding hydrogens is 275 g/mol. The lowest BCUT2D eigenvalue weighted by atomic mass is 9.98. The second-order valence-corrected chi connectivity index (χ2v) is 5.47. The van der Waals surface area contributed by atoms with Crippen molar-refractivity contribution in [1.29, 1.82) is 0 Å². The minimum absolute atomic E-state index is 0.0275. The average Bonchev–Trinajstić information content (AvgIpc) is 2.44. The van der Waals surface area contributed by atoms with Gasteiger partial charge in [0.2, 0.25) is 0 Å². The van der Waals surface area contributed by atoms with E-state index in [-0.39, 0.29) is 17.2 Å². The van der Waals surface area contributed by atoms with Gasteiger partial charge in [-0.2, -0.15) is 0 Å². The Morgan fingerprint density at radius 2 is 1.80 bits per heavy atom. The van der Waals surface area contributed by atoms with E-state index in [1.165, 1.54) is 11.6 Å². The molecule has 0 amide bonds. The predicted molar refractivity (Wildman–Crippen MR) is 80.0 cm³/mol. The summed E-state index contributed by atoms with van der Waals surface area (Å²) in [7, 11) is 0. The summed E-state index contributed by atoms with van der Waals surface area (Å²) in [5.74, 6) is -0.128. The topological polar surface area (TPSA) is 17.1 Å². The molecule has 0 N–H and O–H groups in total. The van der Waals surface area contributed by atoms with Gasteiger partial charge in [0.05, 0.1) is 5.02 Å². The van der Waals surface area contributed by atoms with Crippen LogP contribution in [0, 0.1) is 5.82 Å². The molecule has 0 aliphatic carbocycles. The Kier molecular flexibility index (Phi) is 4.56. The number of Topliss-reactive ketones (excluding diaryl/α,β-unsaturated/α-hetero) is 1. The molecule has 2 aromatic rings. The van der Waals surface area contributed by atoms with E-state index in [0.717, 1.165) is 0 Å². The van der Waals surface area contributed by atoms with E-state index < -0.39 is 5.82 Å². The van der Waals surface area contributed by atoms with Crippen LogP contribution in [0.2, 0.25) is 5.02 Å². The number of carbonyl (C=O) groups is 1. The van der Waals surface area contributed by atoms with Crippen LogP contribution in [-0.4, -0.2) is 5.78 Å². The van der Waals surface area contributed by atoms with Crippen LogP contribution < -0.4 is 0 Å². The van der Waals surface area contributed by atoms with Gasteiger partial charge in [0, 0.05) is 12.0 Å². The maximum absolute atomic E-state index is 13.3. The third-order valence-corrected chi connectivity index (χ3v) is 3.71. The third-order valence-electron chi connectivity index (χ3n) is 3.28. The van der Waals surface area contributed by atoms with Crippen LogP contribution in [0.1, 0.15) is 41.3 Å². The quantitative estimate of drug-likeness (QED) is 0.722. The molecule has 0 saturated carbocycles. The summed E-state index contributed by atoms with van der Waals surface area (Å²) < 4.78 is 13.3. The summed E-state index contributed by atoms with van der Waals surface area (Å²) >= 11 is 5.86. The Morgan fingerprint density at radius 3 is 2.40 bits per heavy atom. The molecule has 0 saturated heterocycles. The fourth-order valence-corrected chi connectivity index (χ4v) is 2.21. The summed E-state index contributed by atoms with van der Waals surface area (Å²) in [5.41, 5.74) is 2.32. The van der Waals surface area contributed by atoms with E-state index >= 15 is 0 Å². The van der Waals surface area contributed by atoms with Crippen molar-refractivity contribution in [2.75, 3.05) is 0 Å². The number of benzene rings is 2. The van der Waals surface area contributed by atoms with Gasteiger partial charge in [-0.25, -0.2) is 4.39 Å². The van der Waals surface area contributed by atoms with E-state index in [1.54, 1.807) is 12.1 Å². The normalized spacial score (nSPS) is 10.8. The standard InChI is InChI=1S/C17H16ClFO/c1-11(2)12-6-8-13(9-7-12)16(20)10-14-4-3-5-15(19)17(14)18/h3-9,11H,10H2,1-2H3. The summed E-state index contributed by atoms with van der Waals surface area (Å²) in [5, 5.41) is 0.0275. The monoisotopic (exact) mass is 290 g/mol. The second kappa shape index (κ2) is 6.19. The molecule has 0 aromatic heterocycles. The summed E-state index contributed by atoms with van der Waals surface area (Å²) in [6.45, 7) is 4.20. The number of carbonyl (C=O) groups excluding carboxylic acids is 1. The lowest BCUT2D eigenvalue weighted by molar-refractivity contribution is 0.0993. The molecule has 0 aliphatic heterocycles. The summed E-state index contributed by atoms with van der Waals surface area (Å²) in [6.07, 6.45) is 0.109. The predicted octanol–water partition coefficient (Wildman–Crippen LogP) is 5.03. The summed E-state index contributed by atoms with van der Waals surface area (Å²) in [6, 6.07) is 12.0. The van der Waals surface area contributed by atoms with Gasteiger partial charge in [-0.1, -0.05) is 61.8 Å². The first-order valence-corrected chi connectivity index (χ1v) is 6.93. The lowest BCUT2D eigenvalue weighted by Crippen LogP contribution is -2.05. The fourth-order valence-electron chi connectivity index (χ4n) is 2.01. The zero-order valence-corrected chi connectivity index (χ0v) is 12.2. The highest BCUT2D eigenvalue weighted by Crippen LogP contribution is 2.22. The molecule has 0 atom stereocenters. The van der Waals surface area contributed by atoms with Crippen molar-refractivity contribution >= 4 is 17.4 Å². The Labute approximate surface area is 123 Å². The molecule has 0 aliphatic rings. The molecule has 0 spiro atoms. The molecule has 0 bridgehead atoms. The smallest absolute Gasteiger partial charge is 0.167 e. The fraction of sp³-hybridized carbons (Fsp3) is 0.235. The zero-order valence-electron chi connectivity index (χ0n) is 11.5. The molecule has 0 heterocycles. The van der Waals surface area contributed by atoms with E-state index in [4.69, 9.17) is 11.6 Å². The molecule has 104 valence electrons. The van der Waals surface area contributed by atoms with Crippen LogP contribution in [0.4, 0.5) is 4.39 Å². The van der Waals surface area contributed by atoms with Gasteiger partial charge < -0.3 is 0 Å².